The third-order valence-electron chi connectivity index (χ3n) is 2.72. The number of sulfone groups is 1. The third-order valence-corrected chi connectivity index (χ3v) is 4.71. The van der Waals surface area contributed by atoms with E-state index in [2.05, 4.69) is 4.98 Å². The average molecular weight is 313 g/mol. The second kappa shape index (κ2) is 5.68. The molecule has 5 nitrogen and oxygen atoms in total. The molecule has 1 aromatic carbocycles. The lowest BCUT2D eigenvalue weighted by atomic mass is 10.3. The van der Waals surface area contributed by atoms with Gasteiger partial charge >= 0.3 is 0 Å². The second-order valence-corrected chi connectivity index (χ2v) is 6.51. The van der Waals surface area contributed by atoms with Crippen LogP contribution >= 0.6 is 11.6 Å². The van der Waals surface area contributed by atoms with Crippen molar-refractivity contribution in [2.45, 2.75) is 10.6 Å². The zero-order chi connectivity index (χ0) is 14.8. The number of hydrogen-bond donors (Lipinski definition) is 1. The third kappa shape index (κ3) is 3.02. The summed E-state index contributed by atoms with van der Waals surface area (Å²) in [4.78, 5) is 4.09. The Morgan fingerprint density at radius 3 is 2.75 bits per heavy atom. The molecule has 1 aromatic heterocycles. The molecule has 2 N–H and O–H groups in total. The highest BCUT2D eigenvalue weighted by Gasteiger charge is 2.19. The predicted molar refractivity (Wildman–Crippen MR) is 77.5 cm³/mol. The van der Waals surface area contributed by atoms with Gasteiger partial charge in [-0.25, -0.2) is 13.4 Å². The van der Waals surface area contributed by atoms with E-state index < -0.39 is 9.84 Å². The Kier molecular flexibility index (Phi) is 4.15. The maximum Gasteiger partial charge on any atom is 0.217 e. The van der Waals surface area contributed by atoms with Gasteiger partial charge in [-0.1, -0.05) is 17.7 Å². The summed E-state index contributed by atoms with van der Waals surface area (Å²) in [5, 5.41) is 0.212. The second-order valence-electron chi connectivity index (χ2n) is 4.11. The van der Waals surface area contributed by atoms with Gasteiger partial charge in [-0.2, -0.15) is 0 Å². The molecule has 0 fully saturated rings. The van der Waals surface area contributed by atoms with E-state index in [1.54, 1.807) is 12.1 Å². The first kappa shape index (κ1) is 14.6. The van der Waals surface area contributed by atoms with Crippen LogP contribution in [0.2, 0.25) is 5.02 Å². The number of benzene rings is 1. The monoisotopic (exact) mass is 312 g/mol. The topological polar surface area (TPSA) is 82.3 Å². The van der Waals surface area contributed by atoms with Crippen molar-refractivity contribution in [2.75, 3.05) is 12.8 Å². The summed E-state index contributed by atoms with van der Waals surface area (Å²) in [6.07, 6.45) is 1.54. The average Bonchev–Trinajstić information content (AvgIpc) is 2.42. The molecule has 2 rings (SSSR count). The zero-order valence-electron chi connectivity index (χ0n) is 10.7. The molecular weight excluding hydrogens is 300 g/mol. The van der Waals surface area contributed by atoms with Crippen LogP contribution < -0.4 is 10.5 Å². The summed E-state index contributed by atoms with van der Waals surface area (Å²) < 4.78 is 29.7. The standard InChI is InChI=1S/C13H13ClN2O3S/c1-19-13-9(3-2-6-16-13)8-20(17,18)10-4-5-12(15)11(14)7-10/h2-7H,8,15H2,1H3. The number of nitrogens with zero attached hydrogens (tertiary/aromatic N) is 1. The Bertz CT molecular complexity index is 732. The van der Waals surface area contributed by atoms with Crippen LogP contribution in [0.5, 0.6) is 5.88 Å². The molecule has 0 unspecified atom stereocenters. The van der Waals surface area contributed by atoms with Gasteiger partial charge in [-0.05, 0) is 24.3 Å². The molecule has 0 amide bonds. The van der Waals surface area contributed by atoms with Crippen LogP contribution in [0.1, 0.15) is 5.56 Å². The molecule has 0 atom stereocenters. The van der Waals surface area contributed by atoms with Crippen molar-refractivity contribution < 1.29 is 13.2 Å². The SMILES string of the molecule is COc1ncccc1CS(=O)(=O)c1ccc(N)c(Cl)c1. The van der Waals surface area contributed by atoms with Gasteiger partial charge in [-0.15, -0.1) is 0 Å². The number of rotatable bonds is 4. The molecule has 0 spiro atoms. The molecular formula is C13H13ClN2O3S. The van der Waals surface area contributed by atoms with Gasteiger partial charge in [0.1, 0.15) is 0 Å². The van der Waals surface area contributed by atoms with Crippen molar-refractivity contribution in [1.29, 1.82) is 0 Å². The summed E-state index contributed by atoms with van der Waals surface area (Å²) in [5.74, 6) is 0.0715. The number of nitrogen functional groups attached to an aromatic ring is 1. The molecule has 0 saturated carbocycles. The fourth-order valence-corrected chi connectivity index (χ4v) is 3.32. The van der Waals surface area contributed by atoms with E-state index in [1.165, 1.54) is 31.5 Å². The maximum atomic E-state index is 12.4. The number of methoxy groups -OCH3 is 1. The highest BCUT2D eigenvalue weighted by atomic mass is 35.5. The summed E-state index contributed by atoms with van der Waals surface area (Å²) >= 11 is 5.85. The zero-order valence-corrected chi connectivity index (χ0v) is 12.3. The largest absolute Gasteiger partial charge is 0.481 e. The highest BCUT2D eigenvalue weighted by molar-refractivity contribution is 7.90. The summed E-state index contributed by atoms with van der Waals surface area (Å²) in [6.45, 7) is 0. The number of hydrogen-bond acceptors (Lipinski definition) is 5. The van der Waals surface area contributed by atoms with Crippen LogP contribution in [0, 0.1) is 0 Å². The highest BCUT2D eigenvalue weighted by Crippen LogP contribution is 2.26. The molecule has 0 saturated heterocycles. The predicted octanol–water partition coefficient (Wildman–Crippen LogP) is 2.30. The van der Waals surface area contributed by atoms with Crippen molar-refractivity contribution in [2.24, 2.45) is 0 Å². The van der Waals surface area contributed by atoms with Crippen molar-refractivity contribution >= 4 is 27.1 Å². The molecule has 0 aliphatic carbocycles. The van der Waals surface area contributed by atoms with Crippen LogP contribution in [0.15, 0.2) is 41.4 Å². The van der Waals surface area contributed by atoms with E-state index in [0.717, 1.165) is 0 Å². The minimum atomic E-state index is -3.55. The van der Waals surface area contributed by atoms with Crippen LogP contribution in [0.25, 0.3) is 0 Å². The lowest BCUT2D eigenvalue weighted by Gasteiger charge is -2.09. The number of nitrogens with two attached hydrogens (primary N) is 1. The van der Waals surface area contributed by atoms with Crippen molar-refractivity contribution in [3.63, 3.8) is 0 Å². The van der Waals surface area contributed by atoms with Gasteiger partial charge in [0, 0.05) is 11.8 Å². The van der Waals surface area contributed by atoms with Gasteiger partial charge in [0.2, 0.25) is 5.88 Å². The number of aromatic nitrogens is 1. The van der Waals surface area contributed by atoms with E-state index >= 15 is 0 Å². The maximum absolute atomic E-state index is 12.4. The number of anilines is 1. The normalized spacial score (nSPS) is 11.3. The molecule has 0 aliphatic rings. The van der Waals surface area contributed by atoms with Crippen molar-refractivity contribution in [3.8, 4) is 5.88 Å². The van der Waals surface area contributed by atoms with Crippen LogP contribution in [0.4, 0.5) is 5.69 Å². The first-order chi connectivity index (χ1) is 9.44. The Hall–Kier alpha value is -1.79. The quantitative estimate of drug-likeness (QED) is 0.876. The molecule has 0 radical (unpaired) electrons. The van der Waals surface area contributed by atoms with E-state index in [1.807, 2.05) is 0 Å². The first-order valence-corrected chi connectivity index (χ1v) is 7.73. The fourth-order valence-electron chi connectivity index (χ4n) is 1.71. The Morgan fingerprint density at radius 1 is 1.35 bits per heavy atom. The lowest BCUT2D eigenvalue weighted by Crippen LogP contribution is -2.07. The van der Waals surface area contributed by atoms with E-state index in [-0.39, 0.29) is 21.6 Å². The number of pyridine rings is 1. The van der Waals surface area contributed by atoms with Crippen molar-refractivity contribution in [1.82, 2.24) is 4.98 Å². The molecule has 0 bridgehead atoms. The molecule has 0 aliphatic heterocycles. The van der Waals surface area contributed by atoms with Gasteiger partial charge < -0.3 is 10.5 Å². The van der Waals surface area contributed by atoms with Crippen LogP contribution in [-0.2, 0) is 15.6 Å². The smallest absolute Gasteiger partial charge is 0.217 e. The molecule has 106 valence electrons. The van der Waals surface area contributed by atoms with E-state index in [0.29, 0.717) is 11.3 Å². The van der Waals surface area contributed by atoms with E-state index in [9.17, 15) is 8.42 Å². The van der Waals surface area contributed by atoms with Crippen LogP contribution in [0.3, 0.4) is 0 Å². The Morgan fingerprint density at radius 2 is 2.10 bits per heavy atom. The number of halogens is 1. The molecule has 2 aromatic rings. The summed E-state index contributed by atoms with van der Waals surface area (Å²) in [5.41, 5.74) is 6.40. The van der Waals surface area contributed by atoms with E-state index in [4.69, 9.17) is 22.1 Å². The molecule has 20 heavy (non-hydrogen) atoms. The molecule has 1 heterocycles. The van der Waals surface area contributed by atoms with Crippen molar-refractivity contribution in [3.05, 3.63) is 47.1 Å². The minimum absolute atomic E-state index is 0.114. The van der Waals surface area contributed by atoms with Gasteiger partial charge in [0.05, 0.1) is 28.5 Å². The number of ether oxygens (including phenoxy) is 1. The minimum Gasteiger partial charge on any atom is -0.481 e. The lowest BCUT2D eigenvalue weighted by molar-refractivity contribution is 0.394. The Balaban J connectivity index is 2.38. The van der Waals surface area contributed by atoms with Gasteiger partial charge in [-0.3, -0.25) is 0 Å². The molecule has 7 heteroatoms. The van der Waals surface area contributed by atoms with Gasteiger partial charge in [0.15, 0.2) is 9.84 Å². The first-order valence-electron chi connectivity index (χ1n) is 5.69. The van der Waals surface area contributed by atoms with Gasteiger partial charge in [0.25, 0.3) is 0 Å². The fraction of sp³-hybridized carbons (Fsp3) is 0.154. The Labute approximate surface area is 122 Å². The summed E-state index contributed by atoms with van der Waals surface area (Å²) in [7, 11) is -2.10. The van der Waals surface area contributed by atoms with Crippen LogP contribution in [-0.4, -0.2) is 20.5 Å². The summed E-state index contributed by atoms with van der Waals surface area (Å²) in [6, 6.07) is 7.55.